The number of thiophene rings is 1. The van der Waals surface area contributed by atoms with Gasteiger partial charge in [-0.15, -0.1) is 11.3 Å². The molecule has 1 aromatic heterocycles. The molecular weight excluding hydrogens is 440 g/mol. The fourth-order valence-corrected chi connectivity index (χ4v) is 6.50. The molecule has 0 aliphatic carbocycles. The van der Waals surface area contributed by atoms with Crippen LogP contribution in [0, 0.1) is 5.92 Å². The smallest absolute Gasteiger partial charge is 0.252 e. The number of piperidine rings is 1. The van der Waals surface area contributed by atoms with E-state index >= 15 is 0 Å². The largest absolute Gasteiger partial charge is 0.497 e. The summed E-state index contributed by atoms with van der Waals surface area (Å²) < 4.78 is 33.0. The molecule has 0 spiro atoms. The number of anilines is 1. The minimum atomic E-state index is -3.48. The fraction of sp³-hybridized carbons (Fsp3) is 0.353. The Balaban J connectivity index is 1.60. The molecule has 1 amide bonds. The zero-order chi connectivity index (χ0) is 18.7. The quantitative estimate of drug-likeness (QED) is 0.742. The van der Waals surface area contributed by atoms with Crippen molar-refractivity contribution in [2.45, 2.75) is 17.1 Å². The lowest BCUT2D eigenvalue weighted by Gasteiger charge is -2.30. The number of methoxy groups -OCH3 is 1. The van der Waals surface area contributed by atoms with Gasteiger partial charge in [0.2, 0.25) is 5.91 Å². The summed E-state index contributed by atoms with van der Waals surface area (Å²) in [6, 6.07) is 10.5. The van der Waals surface area contributed by atoms with E-state index in [9.17, 15) is 13.2 Å². The van der Waals surface area contributed by atoms with Gasteiger partial charge in [0.15, 0.2) is 0 Å². The normalized spacial score (nSPS) is 16.4. The van der Waals surface area contributed by atoms with Gasteiger partial charge in [0.05, 0.1) is 10.9 Å². The lowest BCUT2D eigenvalue weighted by Crippen LogP contribution is -2.41. The van der Waals surface area contributed by atoms with Crippen molar-refractivity contribution < 1.29 is 17.9 Å². The Morgan fingerprint density at radius 1 is 1.27 bits per heavy atom. The Bertz CT molecular complexity index is 890. The first kappa shape index (κ1) is 19.3. The number of nitrogens with zero attached hydrogens (tertiary/aromatic N) is 1. The fourth-order valence-electron chi connectivity index (χ4n) is 2.87. The molecule has 9 heteroatoms. The minimum absolute atomic E-state index is 0.0887. The van der Waals surface area contributed by atoms with E-state index in [2.05, 4.69) is 21.2 Å². The SMILES string of the molecule is COc1cccc(NC(=O)C2CCN(S(=O)(=O)c3ccc(Br)s3)CC2)c1. The average Bonchev–Trinajstić information content (AvgIpc) is 3.09. The highest BCUT2D eigenvalue weighted by Crippen LogP contribution is 2.31. The van der Waals surface area contributed by atoms with Crippen molar-refractivity contribution in [2.24, 2.45) is 5.92 Å². The van der Waals surface area contributed by atoms with Crippen LogP contribution in [0.1, 0.15) is 12.8 Å². The average molecular weight is 459 g/mol. The monoisotopic (exact) mass is 458 g/mol. The van der Waals surface area contributed by atoms with E-state index in [0.29, 0.717) is 41.6 Å². The molecule has 0 radical (unpaired) electrons. The number of nitrogens with one attached hydrogen (secondary N) is 1. The molecule has 0 unspecified atom stereocenters. The number of carbonyl (C=O) groups is 1. The summed E-state index contributed by atoms with van der Waals surface area (Å²) in [6.07, 6.45) is 1.00. The predicted molar refractivity (Wildman–Crippen MR) is 105 cm³/mol. The van der Waals surface area contributed by atoms with Crippen LogP contribution in [0.25, 0.3) is 0 Å². The van der Waals surface area contributed by atoms with Crippen molar-refractivity contribution in [1.29, 1.82) is 0 Å². The summed E-state index contributed by atoms with van der Waals surface area (Å²) in [7, 11) is -1.91. The third-order valence-corrected chi connectivity index (χ3v) is 8.29. The van der Waals surface area contributed by atoms with Gasteiger partial charge in [-0.3, -0.25) is 4.79 Å². The van der Waals surface area contributed by atoms with Crippen molar-refractivity contribution in [3.63, 3.8) is 0 Å². The topological polar surface area (TPSA) is 75.7 Å². The van der Waals surface area contributed by atoms with Gasteiger partial charge in [0.25, 0.3) is 10.0 Å². The van der Waals surface area contributed by atoms with Crippen LogP contribution in [0.4, 0.5) is 5.69 Å². The molecule has 1 fully saturated rings. The van der Waals surface area contributed by atoms with Crippen LogP contribution in [0.15, 0.2) is 44.4 Å². The standard InChI is InChI=1S/C17H19BrN2O4S2/c1-24-14-4-2-3-13(11-14)19-17(21)12-7-9-20(10-8-12)26(22,23)16-6-5-15(18)25-16/h2-6,11-12H,7-10H2,1H3,(H,19,21). The molecule has 6 nitrogen and oxygen atoms in total. The van der Waals surface area contributed by atoms with Crippen LogP contribution in [0.5, 0.6) is 5.75 Å². The van der Waals surface area contributed by atoms with E-state index in [1.165, 1.54) is 15.6 Å². The molecular formula is C17H19BrN2O4S2. The predicted octanol–water partition coefficient (Wildman–Crippen LogP) is 3.56. The Hall–Kier alpha value is -1.42. The second-order valence-electron chi connectivity index (χ2n) is 5.96. The molecule has 1 N–H and O–H groups in total. The summed E-state index contributed by atoms with van der Waals surface area (Å²) in [5.74, 6) is 0.378. The van der Waals surface area contributed by atoms with Crippen LogP contribution < -0.4 is 10.1 Å². The van der Waals surface area contributed by atoms with Gasteiger partial charge in [-0.05, 0) is 53.0 Å². The van der Waals surface area contributed by atoms with Gasteiger partial charge < -0.3 is 10.1 Å². The summed E-state index contributed by atoms with van der Waals surface area (Å²) in [4.78, 5) is 12.5. The van der Waals surface area contributed by atoms with Gasteiger partial charge in [-0.2, -0.15) is 4.31 Å². The summed E-state index contributed by atoms with van der Waals surface area (Å²) in [5, 5.41) is 2.88. The van der Waals surface area contributed by atoms with Crippen molar-refractivity contribution in [3.05, 3.63) is 40.2 Å². The molecule has 0 bridgehead atoms. The number of hydrogen-bond acceptors (Lipinski definition) is 5. The van der Waals surface area contributed by atoms with E-state index in [-0.39, 0.29) is 11.8 Å². The number of sulfonamides is 1. The number of rotatable bonds is 5. The van der Waals surface area contributed by atoms with Crippen LogP contribution >= 0.6 is 27.3 Å². The molecule has 26 heavy (non-hydrogen) atoms. The number of benzene rings is 1. The Labute approximate surface area is 165 Å². The Kier molecular flexibility index (Phi) is 6.01. The Morgan fingerprint density at radius 3 is 2.62 bits per heavy atom. The van der Waals surface area contributed by atoms with E-state index in [0.717, 1.165) is 3.79 Å². The van der Waals surface area contributed by atoms with Crippen molar-refractivity contribution >= 4 is 48.9 Å². The third kappa shape index (κ3) is 4.28. The van der Waals surface area contributed by atoms with Gasteiger partial charge >= 0.3 is 0 Å². The number of amides is 1. The zero-order valence-corrected chi connectivity index (χ0v) is 17.4. The van der Waals surface area contributed by atoms with Crippen LogP contribution in [0.3, 0.4) is 0 Å². The molecule has 1 aliphatic heterocycles. The summed E-state index contributed by atoms with van der Waals surface area (Å²) in [6.45, 7) is 0.683. The molecule has 3 rings (SSSR count). The first-order chi connectivity index (χ1) is 12.4. The highest BCUT2D eigenvalue weighted by Gasteiger charge is 2.32. The number of hydrogen-bond donors (Lipinski definition) is 1. The molecule has 2 aromatic rings. The maximum Gasteiger partial charge on any atom is 0.252 e. The maximum atomic E-state index is 12.6. The van der Waals surface area contributed by atoms with Gasteiger partial charge in [0, 0.05) is 30.8 Å². The van der Waals surface area contributed by atoms with Crippen LogP contribution in [-0.2, 0) is 14.8 Å². The van der Waals surface area contributed by atoms with Crippen molar-refractivity contribution in [1.82, 2.24) is 4.31 Å². The van der Waals surface area contributed by atoms with Crippen molar-refractivity contribution in [2.75, 3.05) is 25.5 Å². The highest BCUT2D eigenvalue weighted by atomic mass is 79.9. The second-order valence-corrected chi connectivity index (χ2v) is 10.6. The molecule has 1 aliphatic rings. The van der Waals surface area contributed by atoms with Gasteiger partial charge in [0.1, 0.15) is 9.96 Å². The number of carbonyl (C=O) groups excluding carboxylic acids is 1. The van der Waals surface area contributed by atoms with E-state index in [1.54, 1.807) is 31.4 Å². The van der Waals surface area contributed by atoms with E-state index < -0.39 is 10.0 Å². The first-order valence-electron chi connectivity index (χ1n) is 8.10. The lowest BCUT2D eigenvalue weighted by molar-refractivity contribution is -0.120. The first-order valence-corrected chi connectivity index (χ1v) is 11.2. The maximum absolute atomic E-state index is 12.6. The molecule has 0 atom stereocenters. The molecule has 2 heterocycles. The van der Waals surface area contributed by atoms with E-state index in [4.69, 9.17) is 4.74 Å². The Morgan fingerprint density at radius 2 is 2.00 bits per heavy atom. The third-order valence-electron chi connectivity index (χ3n) is 4.30. The molecule has 0 saturated carbocycles. The summed E-state index contributed by atoms with van der Waals surface area (Å²) >= 11 is 4.49. The molecule has 1 aromatic carbocycles. The molecule has 1 saturated heterocycles. The number of halogens is 1. The van der Waals surface area contributed by atoms with Gasteiger partial charge in [-0.1, -0.05) is 6.07 Å². The zero-order valence-electron chi connectivity index (χ0n) is 14.1. The lowest BCUT2D eigenvalue weighted by atomic mass is 9.97. The van der Waals surface area contributed by atoms with Crippen LogP contribution in [-0.4, -0.2) is 38.8 Å². The number of ether oxygens (including phenoxy) is 1. The highest BCUT2D eigenvalue weighted by molar-refractivity contribution is 9.11. The second kappa shape index (κ2) is 8.08. The van der Waals surface area contributed by atoms with Gasteiger partial charge in [-0.25, -0.2) is 8.42 Å². The van der Waals surface area contributed by atoms with Crippen molar-refractivity contribution in [3.8, 4) is 5.75 Å². The molecule has 140 valence electrons. The van der Waals surface area contributed by atoms with E-state index in [1.807, 2.05) is 12.1 Å². The summed E-state index contributed by atoms with van der Waals surface area (Å²) in [5.41, 5.74) is 0.674. The van der Waals surface area contributed by atoms with Crippen LogP contribution in [0.2, 0.25) is 0 Å². The minimum Gasteiger partial charge on any atom is -0.497 e.